The minimum atomic E-state index is -0.846. The molecule has 1 N–H and O–H groups in total. The van der Waals surface area contributed by atoms with Crippen molar-refractivity contribution in [3.8, 4) is 0 Å². The van der Waals surface area contributed by atoms with Gasteiger partial charge in [-0.2, -0.15) is 0 Å². The lowest BCUT2D eigenvalue weighted by atomic mass is 10.1. The van der Waals surface area contributed by atoms with E-state index in [0.29, 0.717) is 13.0 Å². The van der Waals surface area contributed by atoms with Crippen molar-refractivity contribution in [1.82, 2.24) is 5.32 Å². The number of fused-ring (bicyclic) bond motifs is 1. The van der Waals surface area contributed by atoms with Gasteiger partial charge in [0.25, 0.3) is 0 Å². The highest BCUT2D eigenvalue weighted by Gasteiger charge is 2.59. The van der Waals surface area contributed by atoms with Crippen LogP contribution >= 0.6 is 0 Å². The van der Waals surface area contributed by atoms with Crippen LogP contribution in [0.25, 0.3) is 0 Å². The van der Waals surface area contributed by atoms with Crippen LogP contribution in [0, 0.1) is 0 Å². The summed E-state index contributed by atoms with van der Waals surface area (Å²) in [6, 6.07) is 9.39. The molecule has 188 valence electrons. The van der Waals surface area contributed by atoms with Gasteiger partial charge in [-0.1, -0.05) is 30.3 Å². The number of nitrogens with one attached hydrogen (secondary N) is 1. The Morgan fingerprint density at radius 3 is 2.50 bits per heavy atom. The number of carbonyl (C=O) groups is 2. The van der Waals surface area contributed by atoms with Crippen LogP contribution < -0.4 is 5.32 Å². The van der Waals surface area contributed by atoms with Gasteiger partial charge < -0.3 is 38.5 Å². The lowest BCUT2D eigenvalue weighted by Crippen LogP contribution is -2.45. The molecule has 0 aromatic heterocycles. The maximum atomic E-state index is 12.6. The van der Waals surface area contributed by atoms with Gasteiger partial charge in [0, 0.05) is 13.0 Å². The molecule has 3 aliphatic rings. The summed E-state index contributed by atoms with van der Waals surface area (Å²) in [6.07, 6.45) is -2.97. The van der Waals surface area contributed by atoms with Gasteiger partial charge in [-0.25, -0.2) is 4.79 Å². The van der Waals surface area contributed by atoms with E-state index in [1.807, 2.05) is 44.2 Å². The van der Waals surface area contributed by atoms with Crippen LogP contribution in [-0.4, -0.2) is 67.5 Å². The fourth-order valence-corrected chi connectivity index (χ4v) is 4.22. The molecule has 10 nitrogen and oxygen atoms in total. The summed E-state index contributed by atoms with van der Waals surface area (Å²) < 4.78 is 40.3. The van der Waals surface area contributed by atoms with Crippen LogP contribution in [0.4, 0.5) is 4.79 Å². The van der Waals surface area contributed by atoms with Gasteiger partial charge in [0.2, 0.25) is 0 Å². The SMILES string of the molecule is CC1(C)O[C@H]2O[C@@H]([C@@H]3COC(C)(C)O3)[C@@H](OC(=O)CCCNC(=O)OCc3ccccc3)[C@H]2O1. The molecule has 0 unspecified atom stereocenters. The number of esters is 1. The van der Waals surface area contributed by atoms with Crippen LogP contribution in [0.1, 0.15) is 46.1 Å². The van der Waals surface area contributed by atoms with E-state index in [-0.39, 0.29) is 19.6 Å². The van der Waals surface area contributed by atoms with Crippen molar-refractivity contribution in [2.45, 2.75) is 89.4 Å². The summed E-state index contributed by atoms with van der Waals surface area (Å²) >= 11 is 0. The van der Waals surface area contributed by atoms with Crippen LogP contribution in [0.2, 0.25) is 0 Å². The van der Waals surface area contributed by atoms with Gasteiger partial charge in [-0.05, 0) is 39.7 Å². The second-order valence-electron chi connectivity index (χ2n) is 9.48. The van der Waals surface area contributed by atoms with Gasteiger partial charge in [0.1, 0.15) is 18.8 Å². The smallest absolute Gasteiger partial charge is 0.407 e. The fraction of sp³-hybridized carbons (Fsp3) is 0.667. The molecule has 4 rings (SSSR count). The topological polar surface area (TPSA) is 111 Å². The molecule has 10 heteroatoms. The highest BCUT2D eigenvalue weighted by molar-refractivity contribution is 5.70. The third kappa shape index (κ3) is 6.25. The van der Waals surface area contributed by atoms with Gasteiger partial charge in [-0.3, -0.25) is 4.79 Å². The number of hydrogen-bond acceptors (Lipinski definition) is 9. The highest BCUT2D eigenvalue weighted by atomic mass is 16.8. The van der Waals surface area contributed by atoms with Crippen LogP contribution in [0.3, 0.4) is 0 Å². The molecule has 0 aliphatic carbocycles. The molecule has 1 aromatic rings. The van der Waals surface area contributed by atoms with Crippen molar-refractivity contribution in [2.24, 2.45) is 0 Å². The molecule has 3 saturated heterocycles. The Bertz CT molecular complexity index is 859. The van der Waals surface area contributed by atoms with Crippen molar-refractivity contribution in [3.05, 3.63) is 35.9 Å². The Morgan fingerprint density at radius 1 is 1.03 bits per heavy atom. The molecular weight excluding hydrogens is 446 g/mol. The van der Waals surface area contributed by atoms with Gasteiger partial charge in [-0.15, -0.1) is 0 Å². The predicted octanol–water partition coefficient (Wildman–Crippen LogP) is 2.63. The average Bonchev–Trinajstić information content (AvgIpc) is 3.40. The zero-order chi connectivity index (χ0) is 24.3. The molecular formula is C24H33NO9. The molecule has 3 aliphatic heterocycles. The van der Waals surface area contributed by atoms with Crippen LogP contribution in [0.5, 0.6) is 0 Å². The van der Waals surface area contributed by atoms with Gasteiger partial charge in [0.15, 0.2) is 30.1 Å². The van der Waals surface area contributed by atoms with Crippen molar-refractivity contribution in [1.29, 1.82) is 0 Å². The maximum absolute atomic E-state index is 12.6. The first-order valence-corrected chi connectivity index (χ1v) is 11.6. The summed E-state index contributed by atoms with van der Waals surface area (Å²) in [5.74, 6) is -2.02. The maximum Gasteiger partial charge on any atom is 0.407 e. The Kier molecular flexibility index (Phi) is 7.44. The van der Waals surface area contributed by atoms with E-state index in [9.17, 15) is 9.59 Å². The average molecular weight is 480 g/mol. The molecule has 0 saturated carbocycles. The lowest BCUT2D eigenvalue weighted by molar-refractivity contribution is -0.235. The van der Waals surface area contributed by atoms with E-state index in [2.05, 4.69) is 5.32 Å². The van der Waals surface area contributed by atoms with Crippen molar-refractivity contribution in [3.63, 3.8) is 0 Å². The number of hydrogen-bond donors (Lipinski definition) is 1. The van der Waals surface area contributed by atoms with E-state index >= 15 is 0 Å². The van der Waals surface area contributed by atoms with E-state index in [0.717, 1.165) is 5.56 Å². The first kappa shape index (κ1) is 24.9. The van der Waals surface area contributed by atoms with Gasteiger partial charge in [0.05, 0.1) is 6.61 Å². The zero-order valence-electron chi connectivity index (χ0n) is 20.0. The number of carbonyl (C=O) groups excluding carboxylic acids is 2. The van der Waals surface area contributed by atoms with E-state index in [1.165, 1.54) is 0 Å². The molecule has 0 radical (unpaired) electrons. The summed E-state index contributed by atoms with van der Waals surface area (Å²) in [7, 11) is 0. The Balaban J connectivity index is 1.23. The monoisotopic (exact) mass is 479 g/mol. The summed E-state index contributed by atoms with van der Waals surface area (Å²) in [6.45, 7) is 7.97. The van der Waals surface area contributed by atoms with Gasteiger partial charge >= 0.3 is 12.1 Å². The quantitative estimate of drug-likeness (QED) is 0.444. The molecule has 34 heavy (non-hydrogen) atoms. The number of alkyl carbamates (subject to hydrolysis) is 1. The zero-order valence-corrected chi connectivity index (χ0v) is 20.0. The van der Waals surface area contributed by atoms with E-state index in [4.69, 9.17) is 33.2 Å². The Morgan fingerprint density at radius 2 is 1.79 bits per heavy atom. The first-order chi connectivity index (χ1) is 16.1. The minimum absolute atomic E-state index is 0.108. The molecule has 0 spiro atoms. The highest BCUT2D eigenvalue weighted by Crippen LogP contribution is 2.42. The summed E-state index contributed by atoms with van der Waals surface area (Å²) in [5.41, 5.74) is 0.897. The Hall–Kier alpha value is -2.24. The van der Waals surface area contributed by atoms with E-state index < -0.39 is 54.3 Å². The largest absolute Gasteiger partial charge is 0.456 e. The predicted molar refractivity (Wildman–Crippen MR) is 117 cm³/mol. The van der Waals surface area contributed by atoms with E-state index in [1.54, 1.807) is 13.8 Å². The molecule has 5 atom stereocenters. The van der Waals surface area contributed by atoms with Crippen LogP contribution in [0.15, 0.2) is 30.3 Å². The standard InChI is InChI=1S/C24H33NO9/c1-23(2)29-14-16(32-23)18-19(20-21(31-18)34-24(3,4)33-20)30-17(26)11-8-12-25-22(27)28-13-15-9-6-5-7-10-15/h5-7,9-10,16,18-21H,8,11-14H2,1-4H3,(H,25,27)/t16-,18-,19+,20+,21+/m0/s1. The normalized spacial score (nSPS) is 31.1. The van der Waals surface area contributed by atoms with Crippen molar-refractivity contribution < 1.29 is 42.7 Å². The summed E-state index contributed by atoms with van der Waals surface area (Å²) in [5, 5.41) is 2.64. The van der Waals surface area contributed by atoms with Crippen LogP contribution in [-0.2, 0) is 44.6 Å². The third-order valence-electron chi connectivity index (χ3n) is 5.73. The fourth-order valence-electron chi connectivity index (χ4n) is 4.22. The molecule has 1 amide bonds. The second kappa shape index (κ2) is 10.2. The molecule has 1 aromatic carbocycles. The number of amides is 1. The van der Waals surface area contributed by atoms with Crippen molar-refractivity contribution in [2.75, 3.05) is 13.2 Å². The Labute approximate surface area is 199 Å². The molecule has 3 fully saturated rings. The molecule has 3 heterocycles. The lowest BCUT2D eigenvalue weighted by Gasteiger charge is -2.28. The minimum Gasteiger partial charge on any atom is -0.456 e. The second-order valence-corrected chi connectivity index (χ2v) is 9.48. The summed E-state index contributed by atoms with van der Waals surface area (Å²) in [4.78, 5) is 24.4. The number of rotatable bonds is 8. The number of benzene rings is 1. The molecule has 0 bridgehead atoms. The first-order valence-electron chi connectivity index (χ1n) is 11.6. The number of ether oxygens (including phenoxy) is 7. The van der Waals surface area contributed by atoms with Crippen molar-refractivity contribution >= 4 is 12.1 Å². The third-order valence-corrected chi connectivity index (χ3v) is 5.73.